The van der Waals surface area contributed by atoms with E-state index in [-0.39, 0.29) is 16.9 Å². The minimum Gasteiger partial charge on any atom is -0.352 e. The minimum absolute atomic E-state index is 0.138. The normalized spacial score (nSPS) is 11.0. The van der Waals surface area contributed by atoms with E-state index in [0.29, 0.717) is 23.5 Å². The molecule has 2 heterocycles. The van der Waals surface area contributed by atoms with Gasteiger partial charge in [0.25, 0.3) is 5.91 Å². The van der Waals surface area contributed by atoms with Crippen molar-refractivity contribution in [1.82, 2.24) is 19.4 Å². The van der Waals surface area contributed by atoms with Gasteiger partial charge in [-0.15, -0.1) is 0 Å². The second-order valence-electron chi connectivity index (χ2n) is 5.73. The van der Waals surface area contributed by atoms with Crippen molar-refractivity contribution in [1.29, 1.82) is 0 Å². The van der Waals surface area contributed by atoms with Crippen molar-refractivity contribution in [3.8, 4) is 0 Å². The highest BCUT2D eigenvalue weighted by Gasteiger charge is 2.15. The molecule has 1 amide bonds. The van der Waals surface area contributed by atoms with Gasteiger partial charge in [0.05, 0.1) is 11.8 Å². The number of aryl methyl sites for hydroxylation is 2. The van der Waals surface area contributed by atoms with Crippen LogP contribution >= 0.6 is 11.6 Å². The highest BCUT2D eigenvalue weighted by Crippen LogP contribution is 2.17. The highest BCUT2D eigenvalue weighted by atomic mass is 35.5. The molecule has 0 saturated carbocycles. The number of benzene rings is 1. The zero-order chi connectivity index (χ0) is 17.8. The molecule has 0 aliphatic carbocycles. The van der Waals surface area contributed by atoms with Crippen molar-refractivity contribution in [2.24, 2.45) is 0 Å². The van der Waals surface area contributed by atoms with Crippen molar-refractivity contribution < 1.29 is 4.79 Å². The van der Waals surface area contributed by atoms with Gasteiger partial charge in [-0.05, 0) is 31.5 Å². The van der Waals surface area contributed by atoms with E-state index in [0.717, 1.165) is 18.5 Å². The predicted molar refractivity (Wildman–Crippen MR) is 98.1 cm³/mol. The Morgan fingerprint density at radius 3 is 2.92 bits per heavy atom. The molecule has 0 fully saturated rings. The lowest BCUT2D eigenvalue weighted by Crippen LogP contribution is -2.31. The summed E-state index contributed by atoms with van der Waals surface area (Å²) in [6.07, 6.45) is 7.68. The maximum Gasteiger partial charge on any atom is 0.256 e. The lowest BCUT2D eigenvalue weighted by molar-refractivity contribution is 0.0951. The average Bonchev–Trinajstić information content (AvgIpc) is 3.12. The van der Waals surface area contributed by atoms with Crippen LogP contribution in [0.4, 0.5) is 0 Å². The number of fused-ring (bicyclic) bond motifs is 1. The van der Waals surface area contributed by atoms with Gasteiger partial charge in [0.2, 0.25) is 5.43 Å². The largest absolute Gasteiger partial charge is 0.352 e. The quantitative estimate of drug-likeness (QED) is 0.689. The molecule has 0 spiro atoms. The number of hydrogen-bond donors (Lipinski definition) is 1. The fourth-order valence-electron chi connectivity index (χ4n) is 2.77. The lowest BCUT2D eigenvalue weighted by atomic mass is 10.1. The third-order valence-electron chi connectivity index (χ3n) is 4.07. The topological polar surface area (TPSA) is 68.9 Å². The van der Waals surface area contributed by atoms with Crippen LogP contribution in [0.1, 0.15) is 23.7 Å². The zero-order valence-electron chi connectivity index (χ0n) is 13.9. The maximum atomic E-state index is 12.7. The van der Waals surface area contributed by atoms with Crippen LogP contribution in [-0.4, -0.2) is 26.6 Å². The Morgan fingerprint density at radius 2 is 2.20 bits per heavy atom. The van der Waals surface area contributed by atoms with E-state index in [9.17, 15) is 9.59 Å². The number of amides is 1. The van der Waals surface area contributed by atoms with Crippen molar-refractivity contribution in [3.63, 3.8) is 0 Å². The van der Waals surface area contributed by atoms with Crippen LogP contribution in [0.3, 0.4) is 0 Å². The van der Waals surface area contributed by atoms with E-state index in [1.165, 1.54) is 0 Å². The Bertz CT molecular complexity index is 948. The van der Waals surface area contributed by atoms with Gasteiger partial charge in [-0.1, -0.05) is 11.6 Å². The number of rotatable bonds is 6. The molecule has 0 bridgehead atoms. The molecule has 0 aliphatic rings. The van der Waals surface area contributed by atoms with E-state index in [1.807, 2.05) is 22.3 Å². The Morgan fingerprint density at radius 1 is 1.36 bits per heavy atom. The van der Waals surface area contributed by atoms with Crippen LogP contribution in [0, 0.1) is 0 Å². The van der Waals surface area contributed by atoms with Gasteiger partial charge in [-0.2, -0.15) is 0 Å². The summed E-state index contributed by atoms with van der Waals surface area (Å²) in [6.45, 7) is 3.85. The second kappa shape index (κ2) is 7.53. The summed E-state index contributed by atoms with van der Waals surface area (Å²) in [5.74, 6) is -0.361. The summed E-state index contributed by atoms with van der Waals surface area (Å²) in [6, 6.07) is 5.15. The van der Waals surface area contributed by atoms with E-state index < -0.39 is 0 Å². The molecule has 6 nitrogen and oxygen atoms in total. The third-order valence-corrected chi connectivity index (χ3v) is 4.30. The number of carbonyl (C=O) groups excluding carboxylic acids is 1. The molecular formula is C18H19ClN4O2. The molecule has 7 heteroatoms. The molecule has 25 heavy (non-hydrogen) atoms. The van der Waals surface area contributed by atoms with Crippen LogP contribution < -0.4 is 10.7 Å². The van der Waals surface area contributed by atoms with Crippen molar-refractivity contribution in [3.05, 3.63) is 63.9 Å². The Labute approximate surface area is 150 Å². The Kier molecular flexibility index (Phi) is 5.19. The molecule has 3 rings (SSSR count). The molecule has 2 aromatic heterocycles. The molecule has 0 saturated heterocycles. The monoisotopic (exact) mass is 358 g/mol. The summed E-state index contributed by atoms with van der Waals surface area (Å²) in [5, 5.41) is 3.75. The number of aromatic nitrogens is 3. The van der Waals surface area contributed by atoms with Crippen LogP contribution in [0.25, 0.3) is 10.9 Å². The van der Waals surface area contributed by atoms with Crippen molar-refractivity contribution in [2.75, 3.05) is 6.54 Å². The highest BCUT2D eigenvalue weighted by molar-refractivity contribution is 6.31. The number of hydrogen-bond acceptors (Lipinski definition) is 3. The van der Waals surface area contributed by atoms with Gasteiger partial charge in [0.1, 0.15) is 5.56 Å². The summed E-state index contributed by atoms with van der Waals surface area (Å²) in [4.78, 5) is 29.1. The molecule has 0 radical (unpaired) electrons. The first-order chi connectivity index (χ1) is 12.1. The number of nitrogens with zero attached hydrogens (tertiary/aromatic N) is 3. The molecule has 1 N–H and O–H groups in total. The first-order valence-corrected chi connectivity index (χ1v) is 8.54. The number of nitrogens with one attached hydrogen (secondary N) is 1. The smallest absolute Gasteiger partial charge is 0.256 e. The van der Waals surface area contributed by atoms with Gasteiger partial charge in [-0.3, -0.25) is 9.59 Å². The SMILES string of the molecule is CCn1cc(C(=O)NCCCn2ccnc2)c(=O)c2cc(Cl)ccc21. The zero-order valence-corrected chi connectivity index (χ0v) is 14.7. The number of pyridine rings is 1. The number of imidazole rings is 1. The van der Waals surface area contributed by atoms with Crippen LogP contribution in [0.15, 0.2) is 47.9 Å². The summed E-state index contributed by atoms with van der Waals surface area (Å²) >= 11 is 6.01. The van der Waals surface area contributed by atoms with Crippen molar-refractivity contribution >= 4 is 28.4 Å². The van der Waals surface area contributed by atoms with E-state index >= 15 is 0 Å². The molecule has 0 aliphatic heterocycles. The van der Waals surface area contributed by atoms with E-state index in [2.05, 4.69) is 10.3 Å². The van der Waals surface area contributed by atoms with Gasteiger partial charge >= 0.3 is 0 Å². The molecule has 1 aromatic carbocycles. The molecule has 130 valence electrons. The number of carbonyl (C=O) groups is 1. The maximum absolute atomic E-state index is 12.7. The first-order valence-electron chi connectivity index (χ1n) is 8.16. The van der Waals surface area contributed by atoms with Gasteiger partial charge in [-0.25, -0.2) is 4.98 Å². The third kappa shape index (κ3) is 3.74. The van der Waals surface area contributed by atoms with Crippen LogP contribution in [-0.2, 0) is 13.1 Å². The Balaban J connectivity index is 1.78. The Hall–Kier alpha value is -2.60. The first kappa shape index (κ1) is 17.2. The molecule has 0 unspecified atom stereocenters. The van der Waals surface area contributed by atoms with Gasteiger partial charge in [0.15, 0.2) is 0 Å². The standard InChI is InChI=1S/C18H19ClN4O2/c1-2-23-11-15(17(24)14-10-13(19)4-5-16(14)23)18(25)21-6-3-8-22-9-7-20-12-22/h4-5,7,9-12H,2-3,6,8H2,1H3,(H,21,25). The summed E-state index contributed by atoms with van der Waals surface area (Å²) in [7, 11) is 0. The minimum atomic E-state index is -0.361. The number of halogens is 1. The summed E-state index contributed by atoms with van der Waals surface area (Å²) in [5.41, 5.74) is 0.613. The summed E-state index contributed by atoms with van der Waals surface area (Å²) < 4.78 is 3.82. The lowest BCUT2D eigenvalue weighted by Gasteiger charge is -2.12. The van der Waals surface area contributed by atoms with Crippen LogP contribution in [0.5, 0.6) is 0 Å². The van der Waals surface area contributed by atoms with Crippen LogP contribution in [0.2, 0.25) is 5.02 Å². The molecule has 0 atom stereocenters. The van der Waals surface area contributed by atoms with Gasteiger partial charge < -0.3 is 14.5 Å². The second-order valence-corrected chi connectivity index (χ2v) is 6.17. The average molecular weight is 359 g/mol. The van der Waals surface area contributed by atoms with E-state index in [4.69, 9.17) is 11.6 Å². The molecular weight excluding hydrogens is 340 g/mol. The fraction of sp³-hybridized carbons (Fsp3) is 0.278. The predicted octanol–water partition coefficient (Wildman–Crippen LogP) is 2.69. The fourth-order valence-corrected chi connectivity index (χ4v) is 2.94. The van der Waals surface area contributed by atoms with E-state index in [1.54, 1.807) is 36.9 Å². The molecule has 3 aromatic rings. The van der Waals surface area contributed by atoms with Gasteiger partial charge in [0, 0.05) is 48.6 Å². The van der Waals surface area contributed by atoms with Crippen molar-refractivity contribution in [2.45, 2.75) is 26.4 Å².